The number of hydrogen-bond acceptors (Lipinski definition) is 7. The molecule has 352 valence electrons. The summed E-state index contributed by atoms with van der Waals surface area (Å²) in [5.74, 6) is -4.33. The number of hydrogen-bond donors (Lipinski definition) is 2. The van der Waals surface area contributed by atoms with Gasteiger partial charge >= 0.3 is 0 Å². The van der Waals surface area contributed by atoms with Crippen molar-refractivity contribution < 1.29 is 44.0 Å². The molecule has 0 aliphatic heterocycles. The fourth-order valence-corrected chi connectivity index (χ4v) is 17.0. The number of sulfonamides is 1. The van der Waals surface area contributed by atoms with Crippen LogP contribution in [-0.2, 0) is 38.6 Å². The van der Waals surface area contributed by atoms with Gasteiger partial charge in [0.25, 0.3) is 12.3 Å². The van der Waals surface area contributed by atoms with Crippen LogP contribution in [0.2, 0.25) is 21.6 Å². The number of carbonyl (C=O) groups is 1. The highest BCUT2D eigenvalue weighted by atomic mass is 35.5. The highest BCUT2D eigenvalue weighted by Gasteiger charge is 2.68. The molecule has 0 bridgehead atoms. The summed E-state index contributed by atoms with van der Waals surface area (Å²) in [5.41, 5.74) is 4.76. The molecule has 3 aromatic heterocycles. The van der Waals surface area contributed by atoms with Crippen LogP contribution in [0.4, 0.5) is 32.2 Å². The number of benzene rings is 2. The summed E-state index contributed by atoms with van der Waals surface area (Å²) in [6, 6.07) is 6.85. The van der Waals surface area contributed by atoms with Crippen molar-refractivity contribution in [2.45, 2.75) is 120 Å². The molecule has 0 radical (unpaired) electrons. The van der Waals surface area contributed by atoms with E-state index in [4.69, 9.17) is 26.7 Å². The first-order chi connectivity index (χ1) is 30.8. The number of aromatic nitrogens is 5. The van der Waals surface area contributed by atoms with E-state index in [9.17, 15) is 22.0 Å². The maximum Gasteiger partial charge on any atom is 0.293 e. The number of primary amides is 1. The standard InChI is InChI=1S/C46H50ClF6N7O4SSi/c1-22(2)66(23(3)4,24(5)6)64-45(15-16-45)14-13-28-9-10-29(30-11-12-34(47)36-39(30)59(7)57-44(36)58-65(8,62)63)37(55-28)32(19-25-17-26(48)20-27(49)18-25)40(43(54)61)60-41-35(38(56-60)42(50)51)31-21-33(31)46(41,52)53/h9-12,17-18,20,22-24,31-33,40,42H,15-16,19,21H2,1-8H3,(H2,54,61)(H,57,58)/t31-,32+,33+,40?/m0/s1. The van der Waals surface area contributed by atoms with Crippen LogP contribution in [0.1, 0.15) is 119 Å². The lowest BCUT2D eigenvalue weighted by Crippen LogP contribution is -2.50. The molecule has 0 spiro atoms. The van der Waals surface area contributed by atoms with Crippen molar-refractivity contribution in [2.75, 3.05) is 11.0 Å². The Bertz CT molecular complexity index is 2920. The summed E-state index contributed by atoms with van der Waals surface area (Å²) in [7, 11) is -4.80. The fraction of sp³-hybridized carbons (Fsp3) is 0.478. The van der Waals surface area contributed by atoms with Crippen LogP contribution in [0.25, 0.3) is 22.0 Å². The van der Waals surface area contributed by atoms with Gasteiger partial charge in [0.2, 0.25) is 24.2 Å². The highest BCUT2D eigenvalue weighted by molar-refractivity contribution is 7.92. The van der Waals surface area contributed by atoms with Crippen LogP contribution in [0.5, 0.6) is 0 Å². The average molecular weight is 975 g/mol. The fourth-order valence-electron chi connectivity index (χ4n) is 10.6. The number of carbonyl (C=O) groups excluding carboxylic acids is 1. The number of aryl methyl sites for hydroxylation is 1. The van der Waals surface area contributed by atoms with E-state index >= 15 is 17.6 Å². The van der Waals surface area contributed by atoms with Gasteiger partial charge in [0.15, 0.2) is 5.82 Å². The van der Waals surface area contributed by atoms with Crippen LogP contribution in [0, 0.1) is 29.4 Å². The number of alkyl halides is 4. The zero-order valence-electron chi connectivity index (χ0n) is 37.5. The Morgan fingerprint density at radius 3 is 2.17 bits per heavy atom. The number of rotatable bonds is 15. The molecule has 1 unspecified atom stereocenters. The lowest BCUT2D eigenvalue weighted by Gasteiger charge is -2.44. The van der Waals surface area contributed by atoms with E-state index in [0.717, 1.165) is 18.4 Å². The molecule has 66 heavy (non-hydrogen) atoms. The Morgan fingerprint density at radius 1 is 0.985 bits per heavy atom. The summed E-state index contributed by atoms with van der Waals surface area (Å²) >= 11 is 6.71. The number of fused-ring (bicyclic) bond motifs is 4. The summed E-state index contributed by atoms with van der Waals surface area (Å²) < 4.78 is 129. The molecule has 2 saturated carbocycles. The molecular weight excluding hydrogens is 924 g/mol. The molecule has 5 aromatic rings. The zero-order valence-corrected chi connectivity index (χ0v) is 40.1. The van der Waals surface area contributed by atoms with E-state index in [1.165, 1.54) is 17.8 Å². The van der Waals surface area contributed by atoms with E-state index < -0.39 is 95.4 Å². The Labute approximate surface area is 385 Å². The monoisotopic (exact) mass is 973 g/mol. The van der Waals surface area contributed by atoms with Gasteiger partial charge in [-0.3, -0.25) is 14.2 Å². The molecule has 11 nitrogen and oxygen atoms in total. The van der Waals surface area contributed by atoms with E-state index in [1.807, 2.05) is 0 Å². The number of nitrogens with zero attached hydrogens (tertiary/aromatic N) is 5. The third-order valence-electron chi connectivity index (χ3n) is 13.4. The van der Waals surface area contributed by atoms with Gasteiger partial charge in [-0.05, 0) is 90.0 Å². The minimum Gasteiger partial charge on any atom is -0.400 e. The summed E-state index contributed by atoms with van der Waals surface area (Å²) in [6.45, 7) is 13.0. The normalized spacial score (nSPS) is 19.3. The molecule has 0 saturated heterocycles. The van der Waals surface area contributed by atoms with Gasteiger partial charge in [0.05, 0.1) is 27.9 Å². The van der Waals surface area contributed by atoms with Crippen molar-refractivity contribution in [3.63, 3.8) is 0 Å². The van der Waals surface area contributed by atoms with Crippen LogP contribution < -0.4 is 10.5 Å². The Morgan fingerprint density at radius 2 is 1.61 bits per heavy atom. The minimum atomic E-state index is -3.89. The highest BCUT2D eigenvalue weighted by Crippen LogP contribution is 2.68. The molecule has 3 aliphatic rings. The third kappa shape index (κ3) is 8.29. The first kappa shape index (κ1) is 47.6. The van der Waals surface area contributed by atoms with E-state index in [2.05, 4.69) is 68.3 Å². The minimum absolute atomic E-state index is 0.0513. The number of pyridine rings is 1. The van der Waals surface area contributed by atoms with Crippen molar-refractivity contribution in [2.24, 2.45) is 18.7 Å². The molecule has 8 rings (SSSR count). The van der Waals surface area contributed by atoms with Crippen molar-refractivity contribution in [3.05, 3.63) is 93.0 Å². The van der Waals surface area contributed by atoms with Crippen LogP contribution in [-0.4, -0.2) is 59.0 Å². The average Bonchev–Trinajstić information content (AvgIpc) is 4.09. The third-order valence-corrected chi connectivity index (χ3v) is 20.5. The molecule has 3 heterocycles. The second kappa shape index (κ2) is 16.7. The van der Waals surface area contributed by atoms with E-state index in [1.54, 1.807) is 18.2 Å². The van der Waals surface area contributed by atoms with Crippen molar-refractivity contribution >= 4 is 52.6 Å². The van der Waals surface area contributed by atoms with E-state index in [-0.39, 0.29) is 72.9 Å². The number of nitrogens with two attached hydrogens (primary N) is 1. The molecule has 4 atom stereocenters. The van der Waals surface area contributed by atoms with E-state index in [0.29, 0.717) is 29.2 Å². The van der Waals surface area contributed by atoms with Gasteiger partial charge < -0.3 is 10.2 Å². The Hall–Kier alpha value is -4.90. The second-order valence-corrected chi connectivity index (χ2v) is 26.4. The molecule has 1 amide bonds. The van der Waals surface area contributed by atoms with Crippen molar-refractivity contribution in [1.82, 2.24) is 24.5 Å². The summed E-state index contributed by atoms with van der Waals surface area (Å²) in [5, 5.41) is 8.66. The topological polar surface area (TPSA) is 147 Å². The van der Waals surface area contributed by atoms with Crippen LogP contribution in [0.3, 0.4) is 0 Å². The molecule has 3 N–H and O–H groups in total. The Balaban J connectivity index is 1.40. The number of halogens is 7. The first-order valence-corrected chi connectivity index (χ1v) is 26.1. The maximum absolute atomic E-state index is 16.3. The quantitative estimate of drug-likeness (QED) is 0.0603. The number of nitrogens with one attached hydrogen (secondary N) is 1. The predicted molar refractivity (Wildman–Crippen MR) is 241 cm³/mol. The molecule has 3 aliphatic carbocycles. The second-order valence-electron chi connectivity index (χ2n) is 18.9. The predicted octanol–water partition coefficient (Wildman–Crippen LogP) is 10.4. The number of anilines is 1. The van der Waals surface area contributed by atoms with Crippen LogP contribution in [0.15, 0.2) is 42.5 Å². The van der Waals surface area contributed by atoms with Gasteiger partial charge in [-0.2, -0.15) is 19.0 Å². The molecule has 2 fully saturated rings. The molecule has 20 heteroatoms. The smallest absolute Gasteiger partial charge is 0.293 e. The van der Waals surface area contributed by atoms with Gasteiger partial charge in [0, 0.05) is 41.6 Å². The number of amides is 1. The first-order valence-electron chi connectivity index (χ1n) is 21.7. The lowest BCUT2D eigenvalue weighted by atomic mass is 9.84. The largest absolute Gasteiger partial charge is 0.400 e. The van der Waals surface area contributed by atoms with Gasteiger partial charge in [-0.1, -0.05) is 65.1 Å². The zero-order chi connectivity index (χ0) is 48.2. The Kier molecular flexibility index (Phi) is 12.0. The van der Waals surface area contributed by atoms with Gasteiger partial charge in [-0.25, -0.2) is 35.6 Å². The van der Waals surface area contributed by atoms with Crippen LogP contribution >= 0.6 is 11.6 Å². The van der Waals surface area contributed by atoms with Crippen molar-refractivity contribution in [3.8, 4) is 23.0 Å². The SMILES string of the molecule is CC(C)[Si](OC1(C#Cc2ccc(-c3ccc(Cl)c4c(NS(C)(=O)=O)nn(C)c34)c([C@@H](Cc3cc(F)cc(F)c3)C(C(N)=O)n3nc(C(F)F)c4c3C(F)(F)[C@@H]3C[C@H]43)n2)CC1)(C(C)C)C(C)C. The van der Waals surface area contributed by atoms with Gasteiger partial charge in [-0.15, -0.1) is 0 Å². The summed E-state index contributed by atoms with van der Waals surface area (Å²) in [6.07, 6.45) is -1.61. The maximum atomic E-state index is 16.3. The molecular formula is C46H50ClF6N7O4SSi. The lowest BCUT2D eigenvalue weighted by molar-refractivity contribution is -0.122. The summed E-state index contributed by atoms with van der Waals surface area (Å²) in [4.78, 5) is 19.1. The van der Waals surface area contributed by atoms with Crippen molar-refractivity contribution in [1.29, 1.82) is 0 Å². The van der Waals surface area contributed by atoms with Gasteiger partial charge in [0.1, 0.15) is 40.4 Å². The molecule has 2 aromatic carbocycles.